The molecule has 0 fully saturated rings. The van der Waals surface area contributed by atoms with Gasteiger partial charge in [-0.15, -0.1) is 0 Å². The van der Waals surface area contributed by atoms with Crippen molar-refractivity contribution in [1.82, 2.24) is 14.8 Å². The van der Waals surface area contributed by atoms with Gasteiger partial charge in [0.05, 0.1) is 0 Å². The van der Waals surface area contributed by atoms with Crippen LogP contribution in [0.2, 0.25) is 0 Å². The minimum absolute atomic E-state index is 0. The Balaban J connectivity index is 0.00000121. The molecule has 0 aliphatic carbocycles. The first-order valence-electron chi connectivity index (χ1n) is 3.01. The predicted molar refractivity (Wildman–Crippen MR) is 49.6 cm³/mol. The van der Waals surface area contributed by atoms with Crippen molar-refractivity contribution in [1.29, 1.82) is 0 Å². The van der Waals surface area contributed by atoms with Crippen LogP contribution in [-0.2, 0) is 6.54 Å². The Hall–Kier alpha value is 0.0900. The van der Waals surface area contributed by atoms with Gasteiger partial charge in [-0.1, -0.05) is 0 Å². The van der Waals surface area contributed by atoms with Crippen molar-refractivity contribution in [2.45, 2.75) is 13.5 Å². The summed E-state index contributed by atoms with van der Waals surface area (Å²) in [6.07, 6.45) is 0. The predicted octanol–water partition coefficient (Wildman–Crippen LogP) is -0.935. The molecule has 62 valence electrons. The second-order valence-electron chi connectivity index (χ2n) is 1.87. The van der Waals surface area contributed by atoms with E-state index in [0.29, 0.717) is 6.54 Å². The van der Waals surface area contributed by atoms with Crippen molar-refractivity contribution in [2.75, 3.05) is 0 Å². The van der Waals surface area contributed by atoms with Crippen LogP contribution in [0.25, 0.3) is 0 Å². The van der Waals surface area contributed by atoms with Gasteiger partial charge >= 0.3 is 35.2 Å². The molecule has 0 amide bonds. The van der Waals surface area contributed by atoms with Gasteiger partial charge in [-0.3, -0.25) is 9.36 Å². The van der Waals surface area contributed by atoms with Gasteiger partial charge in [0.15, 0.2) is 4.60 Å². The summed E-state index contributed by atoms with van der Waals surface area (Å²) in [4.78, 5) is 21.9. The van der Waals surface area contributed by atoms with Gasteiger partial charge in [-0.25, -0.2) is 9.89 Å². The molecule has 0 aliphatic rings. The van der Waals surface area contributed by atoms with Gasteiger partial charge in [-0.2, -0.15) is 5.10 Å². The van der Waals surface area contributed by atoms with E-state index in [1.54, 1.807) is 6.92 Å². The average Bonchev–Trinajstić information content (AvgIpc) is 1.99. The number of hydrogen-bond acceptors (Lipinski definition) is 3. The third kappa shape index (κ3) is 2.29. The quantitative estimate of drug-likeness (QED) is 0.648. The number of aromatic nitrogens is 3. The van der Waals surface area contributed by atoms with Gasteiger partial charge in [0.25, 0.3) is 5.56 Å². The standard InChI is InChI=1S/C5H6BrN3O2.Na.H/c1-2-9-4(10)3(6)7-8-5(9)11;;/h2H2,1H3,(H,8,11);;. The molecule has 1 aromatic rings. The first-order valence-corrected chi connectivity index (χ1v) is 3.81. The molecular weight excluding hydrogens is 237 g/mol. The van der Waals surface area contributed by atoms with Crippen molar-refractivity contribution >= 4 is 45.5 Å². The fourth-order valence-electron chi connectivity index (χ4n) is 0.696. The molecule has 0 aromatic carbocycles. The summed E-state index contributed by atoms with van der Waals surface area (Å²) in [7, 11) is 0. The minimum atomic E-state index is -0.485. The van der Waals surface area contributed by atoms with Crippen LogP contribution in [0.15, 0.2) is 14.2 Å². The van der Waals surface area contributed by atoms with Crippen LogP contribution in [0, 0.1) is 0 Å². The molecule has 1 aromatic heterocycles. The van der Waals surface area contributed by atoms with E-state index in [0.717, 1.165) is 4.57 Å². The van der Waals surface area contributed by atoms with E-state index in [1.807, 2.05) is 0 Å². The topological polar surface area (TPSA) is 67.8 Å². The summed E-state index contributed by atoms with van der Waals surface area (Å²) in [5.41, 5.74) is -0.892. The number of nitrogens with one attached hydrogen (secondary N) is 1. The van der Waals surface area contributed by atoms with Gasteiger partial charge in [0.1, 0.15) is 0 Å². The van der Waals surface area contributed by atoms with E-state index >= 15 is 0 Å². The summed E-state index contributed by atoms with van der Waals surface area (Å²) in [5, 5.41) is 5.60. The van der Waals surface area contributed by atoms with Crippen LogP contribution >= 0.6 is 15.9 Å². The third-order valence-electron chi connectivity index (χ3n) is 1.23. The van der Waals surface area contributed by atoms with Crippen LogP contribution in [0.1, 0.15) is 6.92 Å². The zero-order valence-corrected chi connectivity index (χ0v) is 7.38. The molecule has 0 aliphatic heterocycles. The summed E-state index contributed by atoms with van der Waals surface area (Å²) in [6.45, 7) is 2.05. The maximum absolute atomic E-state index is 11.1. The average molecular weight is 244 g/mol. The van der Waals surface area contributed by atoms with Crippen molar-refractivity contribution in [3.63, 3.8) is 0 Å². The van der Waals surface area contributed by atoms with Gasteiger partial charge in [-0.05, 0) is 22.9 Å². The van der Waals surface area contributed by atoms with E-state index in [2.05, 4.69) is 26.1 Å². The van der Waals surface area contributed by atoms with Crippen molar-refractivity contribution in [2.24, 2.45) is 0 Å². The Labute approximate surface area is 98.6 Å². The van der Waals surface area contributed by atoms with Crippen LogP contribution < -0.4 is 11.2 Å². The molecule has 0 unspecified atom stereocenters. The Bertz CT molecular complexity index is 372. The fraction of sp³-hybridized carbons (Fsp3) is 0.400. The van der Waals surface area contributed by atoms with Crippen LogP contribution in [-0.4, -0.2) is 44.3 Å². The molecule has 7 heteroatoms. The number of aromatic amines is 1. The second-order valence-corrected chi connectivity index (χ2v) is 2.62. The molecular formula is C5H7BrN3NaO2. The molecule has 0 saturated heterocycles. The van der Waals surface area contributed by atoms with Crippen LogP contribution in [0.3, 0.4) is 0 Å². The first-order chi connectivity index (χ1) is 5.16. The normalized spacial score (nSPS) is 9.17. The molecule has 0 spiro atoms. The van der Waals surface area contributed by atoms with Crippen LogP contribution in [0.5, 0.6) is 0 Å². The fourth-order valence-corrected chi connectivity index (χ4v) is 0.999. The molecule has 1 rings (SSSR count). The first kappa shape index (κ1) is 12.1. The molecule has 1 N–H and O–H groups in total. The Kier molecular flexibility index (Phi) is 5.00. The second kappa shape index (κ2) is 4.96. The van der Waals surface area contributed by atoms with Crippen molar-refractivity contribution in [3.05, 3.63) is 25.4 Å². The monoisotopic (exact) mass is 243 g/mol. The Morgan fingerprint density at radius 3 is 2.58 bits per heavy atom. The van der Waals surface area contributed by atoms with Crippen molar-refractivity contribution < 1.29 is 0 Å². The molecule has 0 bridgehead atoms. The summed E-state index contributed by atoms with van der Waals surface area (Å²) in [6, 6.07) is 0. The SMILES string of the molecule is CCn1c(=O)[nH]nc(Br)c1=O.[NaH]. The molecule has 0 radical (unpaired) electrons. The molecule has 5 nitrogen and oxygen atoms in total. The molecule has 12 heavy (non-hydrogen) atoms. The zero-order chi connectivity index (χ0) is 8.43. The number of H-pyrrole nitrogens is 1. The van der Waals surface area contributed by atoms with E-state index < -0.39 is 11.2 Å². The number of nitrogens with zero attached hydrogens (tertiary/aromatic N) is 2. The number of hydrogen-bond donors (Lipinski definition) is 1. The number of rotatable bonds is 1. The molecule has 0 atom stereocenters. The van der Waals surface area contributed by atoms with E-state index in [-0.39, 0.29) is 34.2 Å². The van der Waals surface area contributed by atoms with Crippen LogP contribution in [0.4, 0.5) is 0 Å². The van der Waals surface area contributed by atoms with Crippen molar-refractivity contribution in [3.8, 4) is 0 Å². The maximum atomic E-state index is 11.1. The van der Waals surface area contributed by atoms with E-state index in [1.165, 1.54) is 0 Å². The van der Waals surface area contributed by atoms with E-state index in [9.17, 15) is 9.59 Å². The molecule has 1 heterocycles. The number of halogens is 1. The summed E-state index contributed by atoms with van der Waals surface area (Å²) < 4.78 is 1.18. The van der Waals surface area contributed by atoms with Gasteiger partial charge in [0.2, 0.25) is 0 Å². The summed E-state index contributed by atoms with van der Waals surface area (Å²) >= 11 is 2.91. The van der Waals surface area contributed by atoms with E-state index in [4.69, 9.17) is 0 Å². The van der Waals surface area contributed by atoms with Gasteiger partial charge < -0.3 is 0 Å². The molecule has 0 saturated carbocycles. The van der Waals surface area contributed by atoms with Gasteiger partial charge in [0, 0.05) is 6.54 Å². The summed E-state index contributed by atoms with van der Waals surface area (Å²) in [5.74, 6) is 0. The zero-order valence-electron chi connectivity index (χ0n) is 5.80. The Morgan fingerprint density at radius 1 is 1.58 bits per heavy atom. The third-order valence-corrected chi connectivity index (χ3v) is 1.75. The Morgan fingerprint density at radius 2 is 2.17 bits per heavy atom.